The molecule has 0 spiro atoms. The Morgan fingerprint density at radius 3 is 2.53 bits per heavy atom. The summed E-state index contributed by atoms with van der Waals surface area (Å²) in [5.74, 6) is -1.23. The Kier molecular flexibility index (Phi) is 6.55. The minimum atomic E-state index is -0.991. The van der Waals surface area contributed by atoms with Gasteiger partial charge in [-0.3, -0.25) is 14.5 Å². The number of rotatable bonds is 8. The molecule has 0 unspecified atom stereocenters. The van der Waals surface area contributed by atoms with Gasteiger partial charge in [-0.25, -0.2) is 4.98 Å². The average Bonchev–Trinajstić information content (AvgIpc) is 3.19. The fourth-order valence-electron chi connectivity index (χ4n) is 4.38. The molecule has 0 saturated heterocycles. The van der Waals surface area contributed by atoms with Crippen molar-refractivity contribution in [2.75, 3.05) is 31.8 Å². The van der Waals surface area contributed by atoms with Gasteiger partial charge in [0.25, 0.3) is 0 Å². The summed E-state index contributed by atoms with van der Waals surface area (Å²) in [6.07, 6.45) is 1.55. The van der Waals surface area contributed by atoms with E-state index in [1.807, 2.05) is 53.1 Å². The third-order valence-corrected chi connectivity index (χ3v) is 5.94. The SMILES string of the molecule is CCOC(=O)[C@H]1C(=O)N(CCCOC)c2nc3ccccc3n2[C@H]1c1ccc(CC)cc1. The Labute approximate surface area is 187 Å². The number of fused-ring (bicyclic) bond motifs is 3. The van der Waals surface area contributed by atoms with Crippen molar-refractivity contribution in [1.29, 1.82) is 0 Å². The van der Waals surface area contributed by atoms with Crippen molar-refractivity contribution in [1.82, 2.24) is 9.55 Å². The number of methoxy groups -OCH3 is 1. The van der Waals surface area contributed by atoms with Gasteiger partial charge in [0, 0.05) is 20.3 Å². The van der Waals surface area contributed by atoms with Gasteiger partial charge in [0.2, 0.25) is 11.9 Å². The normalized spacial score (nSPS) is 18.1. The zero-order valence-electron chi connectivity index (χ0n) is 18.8. The fourth-order valence-corrected chi connectivity index (χ4v) is 4.38. The largest absolute Gasteiger partial charge is 0.465 e. The molecule has 2 aromatic carbocycles. The van der Waals surface area contributed by atoms with E-state index < -0.39 is 17.9 Å². The van der Waals surface area contributed by atoms with Crippen LogP contribution in [0.3, 0.4) is 0 Å². The number of nitrogens with zero attached hydrogens (tertiary/aromatic N) is 3. The molecule has 2 atom stereocenters. The quantitative estimate of drug-likeness (QED) is 0.306. The Morgan fingerprint density at radius 1 is 1.09 bits per heavy atom. The van der Waals surface area contributed by atoms with Crippen LogP contribution in [0.2, 0.25) is 0 Å². The maximum absolute atomic E-state index is 13.7. The molecule has 0 aliphatic carbocycles. The van der Waals surface area contributed by atoms with Gasteiger partial charge in [-0.15, -0.1) is 0 Å². The summed E-state index contributed by atoms with van der Waals surface area (Å²) in [6, 6.07) is 15.3. The van der Waals surface area contributed by atoms with Crippen LogP contribution in [0.15, 0.2) is 48.5 Å². The smallest absolute Gasteiger partial charge is 0.321 e. The Morgan fingerprint density at radius 2 is 1.84 bits per heavy atom. The molecule has 4 rings (SSSR count). The van der Waals surface area contributed by atoms with E-state index in [1.54, 1.807) is 18.9 Å². The number of amides is 1. The highest BCUT2D eigenvalue weighted by atomic mass is 16.5. The van der Waals surface area contributed by atoms with E-state index >= 15 is 0 Å². The van der Waals surface area contributed by atoms with Gasteiger partial charge in [-0.2, -0.15) is 0 Å². The number of hydrogen-bond donors (Lipinski definition) is 0. The number of aryl methyl sites for hydroxylation is 1. The second kappa shape index (κ2) is 9.53. The van der Waals surface area contributed by atoms with Gasteiger partial charge in [-0.05, 0) is 43.0 Å². The maximum atomic E-state index is 13.7. The predicted molar refractivity (Wildman–Crippen MR) is 123 cm³/mol. The molecule has 1 amide bonds. The number of imidazole rings is 1. The molecule has 7 heteroatoms. The number of carbonyl (C=O) groups is 2. The van der Waals surface area contributed by atoms with E-state index in [2.05, 4.69) is 6.92 Å². The van der Waals surface area contributed by atoms with Crippen molar-refractivity contribution in [2.45, 2.75) is 32.7 Å². The molecule has 1 aliphatic heterocycles. The minimum absolute atomic E-state index is 0.214. The summed E-state index contributed by atoms with van der Waals surface area (Å²) in [5, 5.41) is 0. The summed E-state index contributed by atoms with van der Waals surface area (Å²) >= 11 is 0. The van der Waals surface area contributed by atoms with Crippen molar-refractivity contribution in [2.24, 2.45) is 5.92 Å². The monoisotopic (exact) mass is 435 g/mol. The lowest BCUT2D eigenvalue weighted by atomic mass is 9.88. The van der Waals surface area contributed by atoms with E-state index in [0.29, 0.717) is 25.5 Å². The van der Waals surface area contributed by atoms with E-state index in [0.717, 1.165) is 23.0 Å². The maximum Gasteiger partial charge on any atom is 0.321 e. The first-order valence-electron chi connectivity index (χ1n) is 11.1. The molecule has 7 nitrogen and oxygen atoms in total. The van der Waals surface area contributed by atoms with Crippen LogP contribution in [0.25, 0.3) is 11.0 Å². The lowest BCUT2D eigenvalue weighted by molar-refractivity contribution is -0.153. The molecule has 0 bridgehead atoms. The van der Waals surface area contributed by atoms with Crippen LogP contribution in [0.5, 0.6) is 0 Å². The summed E-state index contributed by atoms with van der Waals surface area (Å²) in [6.45, 7) is 4.99. The van der Waals surface area contributed by atoms with E-state index in [1.165, 1.54) is 5.56 Å². The van der Waals surface area contributed by atoms with Crippen LogP contribution in [0, 0.1) is 5.92 Å². The predicted octanol–water partition coefficient (Wildman–Crippen LogP) is 3.75. The van der Waals surface area contributed by atoms with Gasteiger partial charge in [-0.1, -0.05) is 43.3 Å². The standard InChI is InChI=1S/C25H29N3O4/c1-4-17-11-13-18(14-12-17)22-21(24(30)32-5-2)23(29)27(15-8-16-31-3)25-26-19-9-6-7-10-20(19)28(22)25/h6-7,9-14,21-22H,4-5,8,15-16H2,1-3H3/t21-,22+/m1/s1. The zero-order chi connectivity index (χ0) is 22.7. The third kappa shape index (κ3) is 3.88. The Bertz CT molecular complexity index is 1110. The summed E-state index contributed by atoms with van der Waals surface area (Å²) < 4.78 is 12.6. The molecule has 3 aromatic rings. The van der Waals surface area contributed by atoms with Gasteiger partial charge in [0.1, 0.15) is 0 Å². The van der Waals surface area contributed by atoms with Gasteiger partial charge in [0.15, 0.2) is 5.92 Å². The Hall–Kier alpha value is -3.19. The van der Waals surface area contributed by atoms with Crippen LogP contribution in [-0.4, -0.2) is 48.3 Å². The average molecular weight is 436 g/mol. The molecule has 32 heavy (non-hydrogen) atoms. The van der Waals surface area contributed by atoms with E-state index in [-0.39, 0.29) is 12.5 Å². The van der Waals surface area contributed by atoms with E-state index in [4.69, 9.17) is 14.5 Å². The first kappa shape index (κ1) is 22.0. The van der Waals surface area contributed by atoms with Crippen LogP contribution < -0.4 is 4.90 Å². The van der Waals surface area contributed by atoms with Gasteiger partial charge >= 0.3 is 5.97 Å². The minimum Gasteiger partial charge on any atom is -0.465 e. The molecule has 1 aliphatic rings. The number of carbonyl (C=O) groups excluding carboxylic acids is 2. The Balaban J connectivity index is 1.92. The van der Waals surface area contributed by atoms with Gasteiger partial charge in [0.05, 0.1) is 23.7 Å². The van der Waals surface area contributed by atoms with Crippen LogP contribution in [0.1, 0.15) is 37.4 Å². The molecular weight excluding hydrogens is 406 g/mol. The molecule has 0 radical (unpaired) electrons. The van der Waals surface area contributed by atoms with E-state index in [9.17, 15) is 9.59 Å². The van der Waals surface area contributed by atoms with Crippen molar-refractivity contribution < 1.29 is 19.1 Å². The number of hydrogen-bond acceptors (Lipinski definition) is 5. The lowest BCUT2D eigenvalue weighted by Gasteiger charge is -2.38. The zero-order valence-corrected chi connectivity index (χ0v) is 18.8. The number of ether oxygens (including phenoxy) is 2. The summed E-state index contributed by atoms with van der Waals surface area (Å²) in [7, 11) is 1.63. The lowest BCUT2D eigenvalue weighted by Crippen LogP contribution is -2.50. The number of aromatic nitrogens is 2. The van der Waals surface area contributed by atoms with Crippen LogP contribution in [-0.2, 0) is 25.5 Å². The topological polar surface area (TPSA) is 73.7 Å². The van der Waals surface area contributed by atoms with Crippen LogP contribution >= 0.6 is 0 Å². The molecule has 2 heterocycles. The fraction of sp³-hybridized carbons (Fsp3) is 0.400. The molecule has 1 aromatic heterocycles. The van der Waals surface area contributed by atoms with Crippen molar-refractivity contribution in [3.63, 3.8) is 0 Å². The highest BCUT2D eigenvalue weighted by molar-refractivity contribution is 6.08. The first-order valence-corrected chi connectivity index (χ1v) is 11.1. The summed E-state index contributed by atoms with van der Waals surface area (Å²) in [4.78, 5) is 33.2. The summed E-state index contributed by atoms with van der Waals surface area (Å²) in [5.41, 5.74) is 3.74. The third-order valence-electron chi connectivity index (χ3n) is 5.94. The van der Waals surface area contributed by atoms with Gasteiger partial charge < -0.3 is 14.0 Å². The number of benzene rings is 2. The molecular formula is C25H29N3O4. The highest BCUT2D eigenvalue weighted by Gasteiger charge is 2.47. The van der Waals surface area contributed by atoms with Crippen molar-refractivity contribution in [3.05, 3.63) is 59.7 Å². The number of para-hydroxylation sites is 2. The molecule has 0 saturated carbocycles. The van der Waals surface area contributed by atoms with Crippen LogP contribution in [0.4, 0.5) is 5.95 Å². The first-order chi connectivity index (χ1) is 15.6. The second-order valence-electron chi connectivity index (χ2n) is 7.88. The number of anilines is 1. The second-order valence-corrected chi connectivity index (χ2v) is 7.88. The number of esters is 1. The molecule has 168 valence electrons. The molecule has 0 fully saturated rings. The highest BCUT2D eigenvalue weighted by Crippen LogP contribution is 2.41. The molecule has 0 N–H and O–H groups in total. The van der Waals surface area contributed by atoms with Crippen molar-refractivity contribution >= 4 is 28.9 Å². The van der Waals surface area contributed by atoms with Crippen molar-refractivity contribution in [3.8, 4) is 0 Å².